The van der Waals surface area contributed by atoms with Gasteiger partial charge in [0.1, 0.15) is 0 Å². The van der Waals surface area contributed by atoms with Crippen molar-refractivity contribution in [3.8, 4) is 0 Å². The smallest absolute Gasteiger partial charge is 0.0774 e. The summed E-state index contributed by atoms with van der Waals surface area (Å²) in [5, 5.41) is 17.7. The number of hydrogen-bond donors (Lipinski definition) is 2. The van der Waals surface area contributed by atoms with Crippen LogP contribution in [0.25, 0.3) is 0 Å². The number of aliphatic imine (C=N–C) groups is 1. The van der Waals surface area contributed by atoms with Crippen molar-refractivity contribution in [1.29, 1.82) is 0 Å². The second-order valence-corrected chi connectivity index (χ2v) is 3.06. The number of nitrogens with zero attached hydrogens (tertiary/aromatic N) is 1. The average molecular weight is 157 g/mol. The zero-order valence-electron chi connectivity index (χ0n) is 6.61. The Bertz CT molecular complexity index is 136. The molecule has 0 aromatic carbocycles. The summed E-state index contributed by atoms with van der Waals surface area (Å²) in [6.45, 7) is 0.692. The van der Waals surface area contributed by atoms with E-state index in [1.165, 1.54) is 0 Å². The van der Waals surface area contributed by atoms with E-state index in [1.807, 2.05) is 6.21 Å². The summed E-state index contributed by atoms with van der Waals surface area (Å²) >= 11 is 0. The van der Waals surface area contributed by atoms with E-state index in [0.717, 1.165) is 19.4 Å². The first kappa shape index (κ1) is 8.68. The maximum absolute atomic E-state index is 9.11. The third kappa shape index (κ3) is 2.99. The summed E-state index contributed by atoms with van der Waals surface area (Å²) in [4.78, 5) is 4.13. The van der Waals surface area contributed by atoms with Gasteiger partial charge in [-0.1, -0.05) is 0 Å². The zero-order valence-corrected chi connectivity index (χ0v) is 6.61. The fourth-order valence-corrected chi connectivity index (χ4v) is 1.37. The van der Waals surface area contributed by atoms with Crippen molar-refractivity contribution in [2.45, 2.75) is 25.4 Å². The Hall–Kier alpha value is -0.410. The van der Waals surface area contributed by atoms with Crippen molar-refractivity contribution in [3.05, 3.63) is 0 Å². The summed E-state index contributed by atoms with van der Waals surface area (Å²) in [6, 6.07) is 0. The van der Waals surface area contributed by atoms with E-state index in [9.17, 15) is 0 Å². The lowest BCUT2D eigenvalue weighted by atomic mass is 9.95. The normalized spacial score (nSPS) is 26.9. The van der Waals surface area contributed by atoms with Crippen LogP contribution in [0.3, 0.4) is 0 Å². The Labute approximate surface area is 66.8 Å². The lowest BCUT2D eigenvalue weighted by molar-refractivity contribution is 0.0737. The van der Waals surface area contributed by atoms with Crippen molar-refractivity contribution < 1.29 is 10.2 Å². The first-order valence-corrected chi connectivity index (χ1v) is 4.10. The molecule has 0 bridgehead atoms. The molecule has 0 aromatic heterocycles. The van der Waals surface area contributed by atoms with E-state index in [0.29, 0.717) is 12.3 Å². The molecule has 3 heteroatoms. The second-order valence-electron chi connectivity index (χ2n) is 3.06. The van der Waals surface area contributed by atoms with Gasteiger partial charge >= 0.3 is 0 Å². The molecule has 0 aliphatic carbocycles. The van der Waals surface area contributed by atoms with Crippen LogP contribution in [0.15, 0.2) is 4.99 Å². The van der Waals surface area contributed by atoms with Gasteiger partial charge in [-0.3, -0.25) is 4.99 Å². The Morgan fingerprint density at radius 1 is 1.64 bits per heavy atom. The van der Waals surface area contributed by atoms with Crippen LogP contribution >= 0.6 is 0 Å². The third-order valence-electron chi connectivity index (χ3n) is 2.01. The van der Waals surface area contributed by atoms with Crippen LogP contribution in [0, 0.1) is 5.92 Å². The van der Waals surface area contributed by atoms with Crippen molar-refractivity contribution in [2.24, 2.45) is 10.9 Å². The fraction of sp³-hybridized carbons (Fsp3) is 0.875. The Morgan fingerprint density at radius 2 is 2.45 bits per heavy atom. The molecule has 2 atom stereocenters. The topological polar surface area (TPSA) is 52.8 Å². The highest BCUT2D eigenvalue weighted by Crippen LogP contribution is 2.16. The molecule has 2 N–H and O–H groups in total. The predicted molar refractivity (Wildman–Crippen MR) is 43.8 cm³/mol. The van der Waals surface area contributed by atoms with E-state index >= 15 is 0 Å². The van der Waals surface area contributed by atoms with Gasteiger partial charge in [0.25, 0.3) is 0 Å². The van der Waals surface area contributed by atoms with Crippen LogP contribution in [0.5, 0.6) is 0 Å². The van der Waals surface area contributed by atoms with Crippen LogP contribution in [0.4, 0.5) is 0 Å². The largest absolute Gasteiger partial charge is 0.394 e. The number of aliphatic hydroxyl groups excluding tert-OH is 2. The van der Waals surface area contributed by atoms with Crippen LogP contribution in [0.1, 0.15) is 19.3 Å². The average Bonchev–Trinajstić information content (AvgIpc) is 2.06. The van der Waals surface area contributed by atoms with E-state index in [1.54, 1.807) is 0 Å². The van der Waals surface area contributed by atoms with Crippen LogP contribution in [-0.2, 0) is 0 Å². The minimum absolute atomic E-state index is 0.125. The molecule has 1 aliphatic heterocycles. The highest BCUT2D eigenvalue weighted by molar-refractivity contribution is 5.57. The van der Waals surface area contributed by atoms with Crippen molar-refractivity contribution in [3.63, 3.8) is 0 Å². The minimum Gasteiger partial charge on any atom is -0.394 e. The number of hydrogen-bond acceptors (Lipinski definition) is 3. The molecule has 0 amide bonds. The fourth-order valence-electron chi connectivity index (χ4n) is 1.37. The zero-order chi connectivity index (χ0) is 8.10. The van der Waals surface area contributed by atoms with E-state index in [4.69, 9.17) is 10.2 Å². The van der Waals surface area contributed by atoms with E-state index in [2.05, 4.69) is 4.99 Å². The molecule has 1 rings (SSSR count). The van der Waals surface area contributed by atoms with Gasteiger partial charge in [0.05, 0.1) is 12.7 Å². The maximum atomic E-state index is 9.11. The van der Waals surface area contributed by atoms with Gasteiger partial charge in [0.2, 0.25) is 0 Å². The molecule has 2 unspecified atom stereocenters. The Balaban J connectivity index is 2.20. The molecule has 0 saturated carbocycles. The molecular formula is C8H15NO2. The molecule has 1 heterocycles. The van der Waals surface area contributed by atoms with Gasteiger partial charge in [0, 0.05) is 6.54 Å². The summed E-state index contributed by atoms with van der Waals surface area (Å²) in [6.07, 6.45) is 4.19. The summed E-state index contributed by atoms with van der Waals surface area (Å²) in [5.41, 5.74) is 0. The second kappa shape index (κ2) is 4.46. The highest BCUT2D eigenvalue weighted by atomic mass is 16.3. The summed E-state index contributed by atoms with van der Waals surface area (Å²) in [5.74, 6) is 0.474. The van der Waals surface area contributed by atoms with Crippen molar-refractivity contribution >= 4 is 6.21 Å². The van der Waals surface area contributed by atoms with Gasteiger partial charge in [0.15, 0.2) is 0 Å². The predicted octanol–water partition coefficient (Wildman–Crippen LogP) is 0.210. The van der Waals surface area contributed by atoms with Crippen LogP contribution in [0.2, 0.25) is 0 Å². The van der Waals surface area contributed by atoms with Crippen molar-refractivity contribution in [2.75, 3.05) is 13.2 Å². The first-order chi connectivity index (χ1) is 5.33. The SMILES string of the molecule is OCC(O)CC1CCC=NC1. The van der Waals surface area contributed by atoms with Crippen molar-refractivity contribution in [1.82, 2.24) is 0 Å². The quantitative estimate of drug-likeness (QED) is 0.615. The maximum Gasteiger partial charge on any atom is 0.0774 e. The summed E-state index contributed by atoms with van der Waals surface area (Å²) in [7, 11) is 0. The molecule has 0 fully saturated rings. The molecule has 1 aliphatic rings. The highest BCUT2D eigenvalue weighted by Gasteiger charge is 2.14. The van der Waals surface area contributed by atoms with Gasteiger partial charge in [-0.05, 0) is 31.4 Å². The van der Waals surface area contributed by atoms with Crippen LogP contribution < -0.4 is 0 Å². The van der Waals surface area contributed by atoms with Gasteiger partial charge < -0.3 is 10.2 Å². The number of aliphatic hydroxyl groups is 2. The monoisotopic (exact) mass is 157 g/mol. The van der Waals surface area contributed by atoms with E-state index < -0.39 is 6.10 Å². The summed E-state index contributed by atoms with van der Waals surface area (Å²) < 4.78 is 0. The molecule has 0 aromatic rings. The molecule has 3 nitrogen and oxygen atoms in total. The van der Waals surface area contributed by atoms with E-state index in [-0.39, 0.29) is 6.61 Å². The third-order valence-corrected chi connectivity index (χ3v) is 2.01. The molecule has 0 spiro atoms. The van der Waals surface area contributed by atoms with Gasteiger partial charge in [-0.2, -0.15) is 0 Å². The Kier molecular flexibility index (Phi) is 3.52. The first-order valence-electron chi connectivity index (χ1n) is 4.10. The standard InChI is InChI=1S/C8H15NO2/c10-6-8(11)4-7-2-1-3-9-5-7/h3,7-8,10-11H,1-2,4-6H2. The lowest BCUT2D eigenvalue weighted by Crippen LogP contribution is -2.20. The molecular weight excluding hydrogens is 142 g/mol. The number of rotatable bonds is 3. The minimum atomic E-state index is -0.548. The molecule has 11 heavy (non-hydrogen) atoms. The molecule has 0 radical (unpaired) electrons. The lowest BCUT2D eigenvalue weighted by Gasteiger charge is -2.18. The van der Waals surface area contributed by atoms with Gasteiger partial charge in [-0.25, -0.2) is 0 Å². The molecule has 64 valence electrons. The Morgan fingerprint density at radius 3 is 3.00 bits per heavy atom. The van der Waals surface area contributed by atoms with Gasteiger partial charge in [-0.15, -0.1) is 0 Å². The van der Waals surface area contributed by atoms with Crippen LogP contribution in [-0.4, -0.2) is 35.7 Å². The molecule has 0 saturated heterocycles.